The molecular formula is C40H65N5O8P+. The van der Waals surface area contributed by atoms with Crippen LogP contribution in [0.1, 0.15) is 85.1 Å². The maximum Gasteiger partial charge on any atom is 0.531 e. The molecule has 3 fully saturated rings. The summed E-state index contributed by atoms with van der Waals surface area (Å²) in [4.78, 5) is 71.3. The minimum absolute atomic E-state index is 0.00934. The third kappa shape index (κ3) is 10.1. The highest BCUT2D eigenvalue weighted by molar-refractivity contribution is 7.38. The van der Waals surface area contributed by atoms with E-state index in [1.54, 1.807) is 30.9 Å². The number of hydrogen-bond donors (Lipinski definition) is 3. The molecule has 302 valence electrons. The van der Waals surface area contributed by atoms with E-state index in [1.807, 2.05) is 65.1 Å². The van der Waals surface area contributed by atoms with Crippen LogP contribution in [0.25, 0.3) is 0 Å². The lowest BCUT2D eigenvalue weighted by Gasteiger charge is -2.41. The summed E-state index contributed by atoms with van der Waals surface area (Å²) in [6.07, 6.45) is 4.16. The SMILES string of the molecule is CC[C@H](C)[C@@H]([C@@H](CC(=O)N1CCC[C@H]1[C@H](OC)[C@@H](C)C(=O)N[C@@H](Cc1ccccc1)[P+](=O)O)OC)N(C)C(=O)[C@@H](NC(=O)[C@@H]1[C@H]2CC[C@H](C2)N1C)C(C)C. The molecule has 14 heteroatoms. The maximum atomic E-state index is 14.3. The van der Waals surface area contributed by atoms with Crippen LogP contribution in [0, 0.1) is 23.7 Å². The number of ether oxygens (including phenoxy) is 2. The monoisotopic (exact) mass is 774 g/mol. The number of nitrogens with zero attached hydrogens (tertiary/aromatic N) is 3. The quantitative estimate of drug-likeness (QED) is 0.177. The number of nitrogens with one attached hydrogen (secondary N) is 2. The Morgan fingerprint density at radius 1 is 1.02 bits per heavy atom. The molecular weight excluding hydrogens is 709 g/mol. The molecule has 2 heterocycles. The van der Waals surface area contributed by atoms with Crippen molar-refractivity contribution >= 4 is 31.7 Å². The van der Waals surface area contributed by atoms with E-state index in [0.717, 1.165) is 37.7 Å². The van der Waals surface area contributed by atoms with Crippen molar-refractivity contribution in [3.8, 4) is 0 Å². The fourth-order valence-electron chi connectivity index (χ4n) is 9.20. The maximum absolute atomic E-state index is 14.3. The second-order valence-corrected chi connectivity index (χ2v) is 17.4. The van der Waals surface area contributed by atoms with Gasteiger partial charge in [-0.3, -0.25) is 24.1 Å². The summed E-state index contributed by atoms with van der Waals surface area (Å²) in [5, 5.41) is 5.87. The normalized spacial score (nSPS) is 25.4. The molecule has 0 spiro atoms. The number of fused-ring (bicyclic) bond motifs is 2. The lowest BCUT2D eigenvalue weighted by molar-refractivity contribution is -0.148. The molecule has 2 bridgehead atoms. The van der Waals surface area contributed by atoms with Gasteiger partial charge in [-0.05, 0) is 67.0 Å². The summed E-state index contributed by atoms with van der Waals surface area (Å²) < 4.78 is 24.2. The van der Waals surface area contributed by atoms with E-state index >= 15 is 0 Å². The summed E-state index contributed by atoms with van der Waals surface area (Å²) in [6, 6.07) is 7.82. The fraction of sp³-hybridized carbons (Fsp3) is 0.750. The summed E-state index contributed by atoms with van der Waals surface area (Å²) in [6.45, 7) is 10.2. The van der Waals surface area contributed by atoms with Gasteiger partial charge in [0.05, 0.1) is 42.7 Å². The Hall–Kier alpha value is -2.96. The fourth-order valence-corrected chi connectivity index (χ4v) is 9.81. The first kappa shape index (κ1) is 43.8. The number of methoxy groups -OCH3 is 2. The number of carbonyl (C=O) groups excluding carboxylic acids is 4. The van der Waals surface area contributed by atoms with Crippen LogP contribution >= 0.6 is 8.03 Å². The zero-order valence-corrected chi connectivity index (χ0v) is 34.7. The first-order chi connectivity index (χ1) is 25.6. The lowest BCUT2D eigenvalue weighted by atomic mass is 9.89. The molecule has 12 atom stereocenters. The molecule has 1 saturated carbocycles. The topological polar surface area (TPSA) is 158 Å². The first-order valence-corrected chi connectivity index (χ1v) is 21.1. The van der Waals surface area contributed by atoms with Crippen LogP contribution in [-0.2, 0) is 39.6 Å². The molecule has 3 N–H and O–H groups in total. The second kappa shape index (κ2) is 19.8. The largest absolute Gasteiger partial charge is 0.531 e. The molecule has 0 radical (unpaired) electrons. The Labute approximate surface area is 323 Å². The van der Waals surface area contributed by atoms with Crippen molar-refractivity contribution in [3.63, 3.8) is 0 Å². The van der Waals surface area contributed by atoms with E-state index in [9.17, 15) is 28.6 Å². The molecule has 2 aliphatic heterocycles. The highest BCUT2D eigenvalue weighted by atomic mass is 31.1. The minimum Gasteiger partial charge on any atom is -0.379 e. The van der Waals surface area contributed by atoms with Crippen molar-refractivity contribution in [2.24, 2.45) is 23.7 Å². The first-order valence-electron chi connectivity index (χ1n) is 19.8. The molecule has 1 aromatic rings. The zero-order chi connectivity index (χ0) is 39.9. The van der Waals surface area contributed by atoms with Gasteiger partial charge < -0.3 is 29.9 Å². The number of rotatable bonds is 19. The van der Waals surface area contributed by atoms with Gasteiger partial charge in [0.25, 0.3) is 5.78 Å². The van der Waals surface area contributed by atoms with Crippen molar-refractivity contribution in [1.82, 2.24) is 25.3 Å². The number of likely N-dealkylation sites (tertiary alicyclic amines) is 2. The standard InChI is InChI=1S/C40H64N5O8P/c1-10-25(4)35(44(7)40(49)34(24(2)3)42-39(48)36-28-18-19-29(22-28)43(36)6)31(52-8)23-33(46)45-20-14-17-30(45)37(53-9)26(5)38(47)41-32(54(50)51)21-27-15-12-11-13-16-27/h11-13,15-16,24-26,28-32,34-37H,10,14,17-23H2,1-9H3,(H2-,41,42,47,48,50,51)/p+1/t25-,26+,28-,29+,30-,31+,32+,34-,35-,36-,37+/m0/s1. The van der Waals surface area contributed by atoms with Crippen molar-refractivity contribution < 1.29 is 38.1 Å². The predicted molar refractivity (Wildman–Crippen MR) is 207 cm³/mol. The molecule has 2 saturated heterocycles. The Morgan fingerprint density at radius 3 is 2.26 bits per heavy atom. The van der Waals surface area contributed by atoms with Crippen molar-refractivity contribution in [2.75, 3.05) is 34.9 Å². The number of amides is 4. The van der Waals surface area contributed by atoms with Crippen LogP contribution in [0.15, 0.2) is 30.3 Å². The lowest BCUT2D eigenvalue weighted by Crippen LogP contribution is -2.60. The van der Waals surface area contributed by atoms with E-state index < -0.39 is 56.0 Å². The highest BCUT2D eigenvalue weighted by Gasteiger charge is 2.49. The smallest absolute Gasteiger partial charge is 0.379 e. The van der Waals surface area contributed by atoms with Gasteiger partial charge in [0.1, 0.15) is 6.04 Å². The minimum atomic E-state index is -2.70. The van der Waals surface area contributed by atoms with Crippen LogP contribution in [0.3, 0.4) is 0 Å². The van der Waals surface area contributed by atoms with Gasteiger partial charge in [-0.1, -0.05) is 71.4 Å². The van der Waals surface area contributed by atoms with E-state index in [4.69, 9.17) is 9.47 Å². The Bertz CT molecular complexity index is 1450. The van der Waals surface area contributed by atoms with Crippen LogP contribution in [-0.4, -0.2) is 126 Å². The van der Waals surface area contributed by atoms with Gasteiger partial charge in [-0.15, -0.1) is 0 Å². The van der Waals surface area contributed by atoms with Crippen LogP contribution in [0.2, 0.25) is 0 Å². The number of piperidine rings is 1. The van der Waals surface area contributed by atoms with E-state index in [-0.39, 0.29) is 48.4 Å². The molecule has 1 unspecified atom stereocenters. The van der Waals surface area contributed by atoms with Gasteiger partial charge in [0, 0.05) is 40.3 Å². The van der Waals surface area contributed by atoms with Gasteiger partial charge in [0.2, 0.25) is 23.6 Å². The Kier molecular flexibility index (Phi) is 16.0. The zero-order valence-electron chi connectivity index (χ0n) is 33.8. The van der Waals surface area contributed by atoms with Gasteiger partial charge in [-0.2, -0.15) is 4.89 Å². The average Bonchev–Trinajstić information content (AvgIpc) is 3.90. The van der Waals surface area contributed by atoms with E-state index in [2.05, 4.69) is 15.5 Å². The summed E-state index contributed by atoms with van der Waals surface area (Å²) in [7, 11) is 4.11. The number of likely N-dealkylation sites (N-methyl/N-ethyl adjacent to an activating group) is 2. The van der Waals surface area contributed by atoms with Gasteiger partial charge in [-0.25, -0.2) is 0 Å². The second-order valence-electron chi connectivity index (χ2n) is 16.2. The van der Waals surface area contributed by atoms with E-state index in [1.165, 1.54) is 7.11 Å². The van der Waals surface area contributed by atoms with Gasteiger partial charge >= 0.3 is 8.03 Å². The Morgan fingerprint density at radius 2 is 1.70 bits per heavy atom. The molecule has 54 heavy (non-hydrogen) atoms. The van der Waals surface area contributed by atoms with E-state index in [0.29, 0.717) is 24.9 Å². The van der Waals surface area contributed by atoms with Crippen molar-refractivity contribution in [2.45, 2.75) is 134 Å². The third-order valence-electron chi connectivity index (χ3n) is 12.5. The summed E-state index contributed by atoms with van der Waals surface area (Å²) >= 11 is 0. The van der Waals surface area contributed by atoms with Crippen LogP contribution in [0.5, 0.6) is 0 Å². The predicted octanol–water partition coefficient (Wildman–Crippen LogP) is 3.95. The molecule has 4 amide bonds. The molecule has 0 aromatic heterocycles. The number of benzene rings is 1. The van der Waals surface area contributed by atoms with Crippen LogP contribution in [0.4, 0.5) is 0 Å². The number of carbonyl (C=O) groups is 4. The molecule has 3 aliphatic rings. The molecule has 1 aromatic carbocycles. The average molecular weight is 775 g/mol. The van der Waals surface area contributed by atoms with Crippen molar-refractivity contribution in [3.05, 3.63) is 35.9 Å². The summed E-state index contributed by atoms with van der Waals surface area (Å²) in [5.74, 6) is -2.47. The molecule has 1 aliphatic carbocycles. The molecule has 4 rings (SSSR count). The Balaban J connectivity index is 1.46. The molecule has 13 nitrogen and oxygen atoms in total. The summed E-state index contributed by atoms with van der Waals surface area (Å²) in [5.41, 5.74) is 0.826. The highest BCUT2D eigenvalue weighted by Crippen LogP contribution is 2.41. The third-order valence-corrected chi connectivity index (χ3v) is 13.4. The van der Waals surface area contributed by atoms with Crippen molar-refractivity contribution in [1.29, 1.82) is 0 Å². The van der Waals surface area contributed by atoms with Gasteiger partial charge in [0.15, 0.2) is 0 Å². The number of hydrogen-bond acceptors (Lipinski definition) is 8. The van der Waals surface area contributed by atoms with Crippen LogP contribution < -0.4 is 10.6 Å².